The Morgan fingerprint density at radius 2 is 1.95 bits per heavy atom. The molecule has 0 saturated heterocycles. The lowest BCUT2D eigenvalue weighted by molar-refractivity contribution is 0.473. The minimum Gasteiger partial charge on any atom is -0.507 e. The zero-order valence-electron chi connectivity index (χ0n) is 11.5. The first-order chi connectivity index (χ1) is 9.70. The molecule has 1 unspecified atom stereocenters. The van der Waals surface area contributed by atoms with Gasteiger partial charge in [-0.1, -0.05) is 43.8 Å². The van der Waals surface area contributed by atoms with Crippen molar-refractivity contribution in [3.63, 3.8) is 0 Å². The molecule has 20 heavy (non-hydrogen) atoms. The predicted molar refractivity (Wildman–Crippen MR) is 83.9 cm³/mol. The maximum atomic E-state index is 10.2. The lowest BCUT2D eigenvalue weighted by Crippen LogP contribution is -1.95. The van der Waals surface area contributed by atoms with Gasteiger partial charge >= 0.3 is 0 Å². The molecule has 0 spiro atoms. The van der Waals surface area contributed by atoms with Crippen molar-refractivity contribution in [1.29, 1.82) is 0 Å². The topological polar surface area (TPSA) is 32.6 Å². The molecular formula is C18H17NO. The van der Waals surface area contributed by atoms with Crippen LogP contribution in [0.25, 0.3) is 6.08 Å². The molecule has 0 heterocycles. The quantitative estimate of drug-likeness (QED) is 0.839. The number of fused-ring (bicyclic) bond motifs is 1. The summed E-state index contributed by atoms with van der Waals surface area (Å²) in [5, 5.41) is 10.2. The zero-order valence-corrected chi connectivity index (χ0v) is 11.5. The minimum absolute atomic E-state index is 0.310. The summed E-state index contributed by atoms with van der Waals surface area (Å²) in [5.74, 6) is 0.664. The molecule has 100 valence electrons. The van der Waals surface area contributed by atoms with Crippen LogP contribution in [0.4, 0.5) is 5.69 Å². The fourth-order valence-corrected chi connectivity index (χ4v) is 2.89. The molecule has 0 aromatic heterocycles. The molecule has 0 fully saturated rings. The SMILES string of the molecule is C=Cc1ccc(O)c2c1C(C)CC2=Nc1ccccc1. The van der Waals surface area contributed by atoms with Crippen LogP contribution in [0.1, 0.15) is 36.0 Å². The Kier molecular flexibility index (Phi) is 3.15. The zero-order chi connectivity index (χ0) is 14.1. The molecule has 1 atom stereocenters. The smallest absolute Gasteiger partial charge is 0.124 e. The van der Waals surface area contributed by atoms with Gasteiger partial charge in [-0.15, -0.1) is 0 Å². The Hall–Kier alpha value is -2.35. The van der Waals surface area contributed by atoms with Crippen molar-refractivity contribution in [3.05, 3.63) is 65.7 Å². The third kappa shape index (κ3) is 2.03. The lowest BCUT2D eigenvalue weighted by Gasteiger charge is -2.09. The van der Waals surface area contributed by atoms with E-state index in [1.807, 2.05) is 42.5 Å². The first kappa shape index (κ1) is 12.7. The van der Waals surface area contributed by atoms with Crippen molar-refractivity contribution in [2.75, 3.05) is 0 Å². The fraction of sp³-hybridized carbons (Fsp3) is 0.167. The highest BCUT2D eigenvalue weighted by atomic mass is 16.3. The largest absolute Gasteiger partial charge is 0.507 e. The average Bonchev–Trinajstić information content (AvgIpc) is 2.79. The molecule has 2 heteroatoms. The highest BCUT2D eigenvalue weighted by molar-refractivity contribution is 6.09. The van der Waals surface area contributed by atoms with E-state index < -0.39 is 0 Å². The van der Waals surface area contributed by atoms with Gasteiger partial charge in [0.25, 0.3) is 0 Å². The standard InChI is InChI=1S/C18H17NO/c1-3-13-9-10-16(20)18-15(11-12(2)17(13)18)19-14-7-5-4-6-8-14/h3-10,12,20H,1,11H2,2H3. The van der Waals surface area contributed by atoms with Gasteiger partial charge in [-0.25, -0.2) is 0 Å². The number of hydrogen-bond acceptors (Lipinski definition) is 2. The molecule has 1 aliphatic carbocycles. The maximum absolute atomic E-state index is 10.2. The monoisotopic (exact) mass is 263 g/mol. The number of rotatable bonds is 2. The molecule has 2 aromatic rings. The molecule has 2 aromatic carbocycles. The highest BCUT2D eigenvalue weighted by Gasteiger charge is 2.29. The molecule has 1 N–H and O–H groups in total. The van der Waals surface area contributed by atoms with Crippen LogP contribution >= 0.6 is 0 Å². The lowest BCUT2D eigenvalue weighted by atomic mass is 9.96. The van der Waals surface area contributed by atoms with E-state index in [9.17, 15) is 5.11 Å². The molecule has 0 aliphatic heterocycles. The minimum atomic E-state index is 0.310. The summed E-state index contributed by atoms with van der Waals surface area (Å²) in [6.07, 6.45) is 2.70. The van der Waals surface area contributed by atoms with Gasteiger partial charge in [-0.05, 0) is 41.7 Å². The number of nitrogens with zero attached hydrogens (tertiary/aromatic N) is 1. The molecular weight excluding hydrogens is 246 g/mol. The van der Waals surface area contributed by atoms with Gasteiger partial charge in [0.2, 0.25) is 0 Å². The van der Waals surface area contributed by atoms with E-state index in [1.54, 1.807) is 6.07 Å². The van der Waals surface area contributed by atoms with E-state index in [-0.39, 0.29) is 0 Å². The second-order valence-electron chi connectivity index (χ2n) is 5.17. The van der Waals surface area contributed by atoms with Crippen molar-refractivity contribution in [1.82, 2.24) is 0 Å². The van der Waals surface area contributed by atoms with Crippen LogP contribution in [0.15, 0.2) is 54.0 Å². The van der Waals surface area contributed by atoms with Crippen LogP contribution in [-0.2, 0) is 0 Å². The fourth-order valence-electron chi connectivity index (χ4n) is 2.89. The number of hydrogen-bond donors (Lipinski definition) is 1. The highest BCUT2D eigenvalue weighted by Crippen LogP contribution is 2.41. The summed E-state index contributed by atoms with van der Waals surface area (Å²) >= 11 is 0. The van der Waals surface area contributed by atoms with E-state index in [0.717, 1.165) is 34.5 Å². The van der Waals surface area contributed by atoms with E-state index >= 15 is 0 Å². The first-order valence-electron chi connectivity index (χ1n) is 6.82. The number of phenolic OH excluding ortho intramolecular Hbond substituents is 1. The van der Waals surface area contributed by atoms with E-state index in [0.29, 0.717) is 11.7 Å². The Bertz CT molecular complexity index is 686. The molecule has 0 radical (unpaired) electrons. The van der Waals surface area contributed by atoms with E-state index in [1.165, 1.54) is 0 Å². The summed E-state index contributed by atoms with van der Waals surface area (Å²) < 4.78 is 0. The summed E-state index contributed by atoms with van der Waals surface area (Å²) in [7, 11) is 0. The maximum Gasteiger partial charge on any atom is 0.124 e. The molecule has 2 nitrogen and oxygen atoms in total. The normalized spacial score (nSPS) is 19.1. The van der Waals surface area contributed by atoms with E-state index in [2.05, 4.69) is 13.5 Å². The van der Waals surface area contributed by atoms with Crippen LogP contribution in [0.3, 0.4) is 0 Å². The molecule has 0 saturated carbocycles. The summed E-state index contributed by atoms with van der Waals surface area (Å²) in [6.45, 7) is 6.03. The first-order valence-corrected chi connectivity index (χ1v) is 6.82. The third-order valence-corrected chi connectivity index (χ3v) is 3.78. The van der Waals surface area contributed by atoms with Crippen molar-refractivity contribution < 1.29 is 5.11 Å². The number of para-hydroxylation sites is 1. The third-order valence-electron chi connectivity index (χ3n) is 3.78. The van der Waals surface area contributed by atoms with Gasteiger partial charge in [0.15, 0.2) is 0 Å². The van der Waals surface area contributed by atoms with Crippen LogP contribution in [-0.4, -0.2) is 10.8 Å². The molecule has 0 bridgehead atoms. The summed E-state index contributed by atoms with van der Waals surface area (Å²) in [6, 6.07) is 13.5. The van der Waals surface area contributed by atoms with Crippen molar-refractivity contribution in [2.24, 2.45) is 4.99 Å². The van der Waals surface area contributed by atoms with Gasteiger partial charge in [0.1, 0.15) is 5.75 Å². The summed E-state index contributed by atoms with van der Waals surface area (Å²) in [4.78, 5) is 4.71. The van der Waals surface area contributed by atoms with Crippen LogP contribution in [0.5, 0.6) is 5.75 Å². The number of phenols is 1. The Morgan fingerprint density at radius 1 is 1.20 bits per heavy atom. The van der Waals surface area contributed by atoms with E-state index in [4.69, 9.17) is 4.99 Å². The van der Waals surface area contributed by atoms with Gasteiger partial charge in [-0.2, -0.15) is 0 Å². The Morgan fingerprint density at radius 3 is 2.65 bits per heavy atom. The second kappa shape index (κ2) is 4.97. The molecule has 3 rings (SSSR count). The van der Waals surface area contributed by atoms with Gasteiger partial charge in [0, 0.05) is 5.56 Å². The number of aromatic hydroxyl groups is 1. The van der Waals surface area contributed by atoms with Crippen molar-refractivity contribution in [2.45, 2.75) is 19.3 Å². The molecule has 1 aliphatic rings. The Balaban J connectivity index is 2.17. The average molecular weight is 263 g/mol. The summed E-state index contributed by atoms with van der Waals surface area (Å²) in [5.41, 5.74) is 5.02. The molecule has 0 amide bonds. The van der Waals surface area contributed by atoms with Crippen LogP contribution in [0.2, 0.25) is 0 Å². The van der Waals surface area contributed by atoms with Crippen LogP contribution in [0, 0.1) is 0 Å². The number of benzene rings is 2. The second-order valence-corrected chi connectivity index (χ2v) is 5.17. The Labute approximate surface area is 119 Å². The van der Waals surface area contributed by atoms with Crippen molar-refractivity contribution in [3.8, 4) is 5.75 Å². The number of aliphatic imine (C=N–C) groups is 1. The van der Waals surface area contributed by atoms with Crippen molar-refractivity contribution >= 4 is 17.5 Å². The predicted octanol–water partition coefficient (Wildman–Crippen LogP) is 4.66. The van der Waals surface area contributed by atoms with Gasteiger partial charge in [0.05, 0.1) is 11.4 Å². The van der Waals surface area contributed by atoms with Gasteiger partial charge < -0.3 is 5.11 Å². The van der Waals surface area contributed by atoms with Crippen LogP contribution < -0.4 is 0 Å². The van der Waals surface area contributed by atoms with Gasteiger partial charge in [-0.3, -0.25) is 4.99 Å².